The highest BCUT2D eigenvalue weighted by Gasteiger charge is 2.41. The van der Waals surface area contributed by atoms with E-state index in [4.69, 9.17) is 53.8 Å². The average Bonchev–Trinajstić information content (AvgIpc) is 2.61. The summed E-state index contributed by atoms with van der Waals surface area (Å²) in [5.74, 6) is -0.976. The zero-order chi connectivity index (χ0) is 25.3. The second kappa shape index (κ2) is 13.0. The summed E-state index contributed by atoms with van der Waals surface area (Å²) in [5.41, 5.74) is -1.72. The third-order valence-corrected chi connectivity index (χ3v) is 5.07. The van der Waals surface area contributed by atoms with Gasteiger partial charge in [-0.2, -0.15) is 0 Å². The summed E-state index contributed by atoms with van der Waals surface area (Å²) in [7, 11) is 1.42. The summed E-state index contributed by atoms with van der Waals surface area (Å²) < 4.78 is 19.2. The fourth-order valence-electron chi connectivity index (χ4n) is 2.87. The third kappa shape index (κ3) is 12.3. The standard InChI is InChI=1S/C22H35Cl3O7/c1-9-10-14(2)15(31-19(28)30-13-22(23,24)25)11-16(26)21(6,7)17(29-8)12-18(27)32-20(3,4)5/h9,14-15,17H,1,10-13H2,2-8H3. The number of halogens is 3. The molecule has 0 N–H and O–H groups in total. The molecule has 0 aromatic rings. The van der Waals surface area contributed by atoms with Crippen LogP contribution in [0.1, 0.15) is 60.8 Å². The van der Waals surface area contributed by atoms with Gasteiger partial charge in [0.25, 0.3) is 0 Å². The van der Waals surface area contributed by atoms with Gasteiger partial charge in [0.1, 0.15) is 24.1 Å². The molecule has 186 valence electrons. The van der Waals surface area contributed by atoms with Crippen LogP contribution < -0.4 is 0 Å². The highest BCUT2D eigenvalue weighted by molar-refractivity contribution is 6.67. The molecule has 0 aromatic heterocycles. The number of esters is 1. The van der Waals surface area contributed by atoms with Crippen LogP contribution in [0.2, 0.25) is 0 Å². The van der Waals surface area contributed by atoms with Crippen molar-refractivity contribution in [3.63, 3.8) is 0 Å². The van der Waals surface area contributed by atoms with Crippen LogP contribution >= 0.6 is 34.8 Å². The normalized spacial score (nSPS) is 15.3. The first-order valence-corrected chi connectivity index (χ1v) is 11.3. The predicted molar refractivity (Wildman–Crippen MR) is 125 cm³/mol. The van der Waals surface area contributed by atoms with Crippen molar-refractivity contribution in [2.45, 2.75) is 82.4 Å². The van der Waals surface area contributed by atoms with Crippen LogP contribution in [-0.4, -0.2) is 53.2 Å². The molecule has 10 heteroatoms. The van der Waals surface area contributed by atoms with Gasteiger partial charge in [-0.05, 0) is 33.1 Å². The average molecular weight is 518 g/mol. The van der Waals surface area contributed by atoms with Crippen molar-refractivity contribution in [3.05, 3.63) is 12.7 Å². The van der Waals surface area contributed by atoms with Crippen LogP contribution in [0.5, 0.6) is 0 Å². The van der Waals surface area contributed by atoms with Crippen molar-refractivity contribution in [2.75, 3.05) is 13.7 Å². The summed E-state index contributed by atoms with van der Waals surface area (Å²) in [4.78, 5) is 37.5. The van der Waals surface area contributed by atoms with E-state index < -0.39 is 45.7 Å². The molecule has 0 aliphatic rings. The monoisotopic (exact) mass is 516 g/mol. The molecule has 0 radical (unpaired) electrons. The van der Waals surface area contributed by atoms with Gasteiger partial charge in [0.2, 0.25) is 3.79 Å². The Kier molecular flexibility index (Phi) is 12.6. The highest BCUT2D eigenvalue weighted by atomic mass is 35.6. The number of carbonyl (C=O) groups excluding carboxylic acids is 3. The fraction of sp³-hybridized carbons (Fsp3) is 0.773. The van der Waals surface area contributed by atoms with Crippen molar-refractivity contribution >= 4 is 52.7 Å². The van der Waals surface area contributed by atoms with Crippen molar-refractivity contribution in [3.8, 4) is 0 Å². The lowest BCUT2D eigenvalue weighted by molar-refractivity contribution is -0.161. The lowest BCUT2D eigenvalue weighted by Crippen LogP contribution is -2.43. The Bertz CT molecular complexity index is 651. The molecule has 3 atom stereocenters. The zero-order valence-electron chi connectivity index (χ0n) is 19.8. The molecule has 0 spiro atoms. The molecular weight excluding hydrogens is 483 g/mol. The first kappa shape index (κ1) is 31.0. The summed E-state index contributed by atoms with van der Waals surface area (Å²) in [6, 6.07) is 0. The predicted octanol–water partition coefficient (Wildman–Crippen LogP) is 5.82. The molecule has 0 heterocycles. The number of rotatable bonds is 12. The topological polar surface area (TPSA) is 88.1 Å². The van der Waals surface area contributed by atoms with Crippen molar-refractivity contribution < 1.29 is 33.3 Å². The van der Waals surface area contributed by atoms with E-state index in [0.29, 0.717) is 6.42 Å². The van der Waals surface area contributed by atoms with Gasteiger partial charge >= 0.3 is 12.1 Å². The van der Waals surface area contributed by atoms with Crippen LogP contribution in [0.15, 0.2) is 12.7 Å². The molecule has 3 unspecified atom stereocenters. The molecule has 0 bridgehead atoms. The number of Topliss-reactive ketones (excluding diaryl/α,β-unsaturated/α-hetero) is 1. The summed E-state index contributed by atoms with van der Waals surface area (Å²) in [5, 5.41) is 0. The largest absolute Gasteiger partial charge is 0.508 e. The van der Waals surface area contributed by atoms with E-state index in [1.165, 1.54) is 7.11 Å². The van der Waals surface area contributed by atoms with E-state index >= 15 is 0 Å². The lowest BCUT2D eigenvalue weighted by atomic mass is 9.77. The van der Waals surface area contributed by atoms with E-state index in [2.05, 4.69) is 6.58 Å². The second-order valence-electron chi connectivity index (χ2n) is 9.18. The molecular formula is C22H35Cl3O7. The Balaban J connectivity index is 5.37. The molecule has 0 aliphatic heterocycles. The first-order chi connectivity index (χ1) is 14.4. The number of hydrogen-bond acceptors (Lipinski definition) is 7. The molecule has 0 saturated heterocycles. The maximum Gasteiger partial charge on any atom is 0.508 e. The second-order valence-corrected chi connectivity index (χ2v) is 11.7. The van der Waals surface area contributed by atoms with Gasteiger partial charge in [0.15, 0.2) is 0 Å². The molecule has 0 fully saturated rings. The molecule has 0 amide bonds. The van der Waals surface area contributed by atoms with Crippen LogP contribution in [-0.2, 0) is 28.5 Å². The van der Waals surface area contributed by atoms with E-state index in [-0.39, 0.29) is 24.5 Å². The Hall–Kier alpha value is -1.02. The highest BCUT2D eigenvalue weighted by Crippen LogP contribution is 2.32. The van der Waals surface area contributed by atoms with E-state index in [9.17, 15) is 14.4 Å². The van der Waals surface area contributed by atoms with Crippen LogP contribution in [0.3, 0.4) is 0 Å². The number of allylic oxidation sites excluding steroid dienone is 1. The smallest absolute Gasteiger partial charge is 0.460 e. The molecule has 0 aromatic carbocycles. The summed E-state index contributed by atoms with van der Waals surface area (Å²) in [6.45, 7) is 13.6. The maximum absolute atomic E-state index is 13.2. The minimum Gasteiger partial charge on any atom is -0.460 e. The van der Waals surface area contributed by atoms with Crippen LogP contribution in [0.25, 0.3) is 0 Å². The number of alkyl halides is 3. The van der Waals surface area contributed by atoms with Gasteiger partial charge in [-0.1, -0.05) is 61.7 Å². The molecule has 0 saturated carbocycles. The third-order valence-electron chi connectivity index (χ3n) is 4.74. The van der Waals surface area contributed by atoms with Gasteiger partial charge in [0.05, 0.1) is 17.9 Å². The number of hydrogen-bond donors (Lipinski definition) is 0. The van der Waals surface area contributed by atoms with E-state index in [1.54, 1.807) is 40.7 Å². The Morgan fingerprint density at radius 1 is 1.03 bits per heavy atom. The fourth-order valence-corrected chi connectivity index (χ4v) is 3.03. The summed E-state index contributed by atoms with van der Waals surface area (Å²) in [6.07, 6.45) is -0.700. The number of methoxy groups -OCH3 is 1. The molecule has 0 rings (SSSR count). The van der Waals surface area contributed by atoms with Crippen molar-refractivity contribution in [1.29, 1.82) is 0 Å². The Labute approximate surface area is 206 Å². The van der Waals surface area contributed by atoms with Gasteiger partial charge in [-0.15, -0.1) is 6.58 Å². The van der Waals surface area contributed by atoms with E-state index in [0.717, 1.165) is 0 Å². The zero-order valence-corrected chi connectivity index (χ0v) is 22.1. The first-order valence-electron chi connectivity index (χ1n) is 10.2. The van der Waals surface area contributed by atoms with Crippen molar-refractivity contribution in [1.82, 2.24) is 0 Å². The van der Waals surface area contributed by atoms with E-state index in [1.807, 2.05) is 6.92 Å². The van der Waals surface area contributed by atoms with Crippen LogP contribution in [0, 0.1) is 11.3 Å². The quantitative estimate of drug-likeness (QED) is 0.183. The SMILES string of the molecule is C=CCC(C)C(CC(=O)C(C)(C)C(CC(=O)OC(C)(C)C)OC)OC(=O)OCC(Cl)(Cl)Cl. The van der Waals surface area contributed by atoms with Crippen LogP contribution in [0.4, 0.5) is 4.79 Å². The lowest BCUT2D eigenvalue weighted by Gasteiger charge is -2.34. The molecule has 7 nitrogen and oxygen atoms in total. The molecule has 0 aliphatic carbocycles. The van der Waals surface area contributed by atoms with Gasteiger partial charge in [0, 0.05) is 13.5 Å². The van der Waals surface area contributed by atoms with Crippen molar-refractivity contribution in [2.24, 2.45) is 11.3 Å². The van der Waals surface area contributed by atoms with Gasteiger partial charge in [-0.3, -0.25) is 9.59 Å². The van der Waals surface area contributed by atoms with Gasteiger partial charge in [-0.25, -0.2) is 4.79 Å². The Morgan fingerprint density at radius 2 is 1.59 bits per heavy atom. The number of ether oxygens (including phenoxy) is 4. The maximum atomic E-state index is 13.2. The summed E-state index contributed by atoms with van der Waals surface area (Å²) >= 11 is 16.7. The Morgan fingerprint density at radius 3 is 2.03 bits per heavy atom. The number of carbonyl (C=O) groups is 3. The van der Waals surface area contributed by atoms with Gasteiger partial charge < -0.3 is 18.9 Å². The molecule has 32 heavy (non-hydrogen) atoms. The minimum absolute atomic E-state index is 0.106. The minimum atomic E-state index is -1.79. The number of ketones is 1.